The molecular formula is C17H18F8O2. The highest BCUT2D eigenvalue weighted by molar-refractivity contribution is 5.77. The lowest BCUT2D eigenvalue weighted by Gasteiger charge is -2.43. The number of ether oxygens (including phenoxy) is 1. The molecule has 0 amide bonds. The van der Waals surface area contributed by atoms with E-state index in [1.54, 1.807) is 6.08 Å². The summed E-state index contributed by atoms with van der Waals surface area (Å²) in [6, 6.07) is 0. The molecule has 0 spiro atoms. The van der Waals surface area contributed by atoms with Gasteiger partial charge in [0.1, 0.15) is 6.10 Å². The number of alkyl halides is 8. The fourth-order valence-corrected chi connectivity index (χ4v) is 4.16. The van der Waals surface area contributed by atoms with E-state index < -0.39 is 65.9 Å². The van der Waals surface area contributed by atoms with E-state index in [9.17, 15) is 39.9 Å². The normalized spacial score (nSPS) is 44.6. The zero-order valence-corrected chi connectivity index (χ0v) is 14.3. The van der Waals surface area contributed by atoms with Gasteiger partial charge in [-0.3, -0.25) is 4.79 Å². The van der Waals surface area contributed by atoms with Crippen LogP contribution in [0.4, 0.5) is 35.1 Å². The van der Waals surface area contributed by atoms with Crippen molar-refractivity contribution in [1.82, 2.24) is 0 Å². The zero-order chi connectivity index (χ0) is 20.5. The van der Waals surface area contributed by atoms with Gasteiger partial charge in [0.2, 0.25) is 11.3 Å². The average Bonchev–Trinajstić information content (AvgIpc) is 2.63. The first-order chi connectivity index (χ1) is 12.2. The first-order valence-corrected chi connectivity index (χ1v) is 8.54. The lowest BCUT2D eigenvalue weighted by molar-refractivity contribution is -0.292. The molecule has 0 aromatic carbocycles. The Kier molecular flexibility index (Phi) is 4.22. The summed E-state index contributed by atoms with van der Waals surface area (Å²) in [5.41, 5.74) is -10.6. The number of fused-ring (bicyclic) bond motifs is 1. The van der Waals surface area contributed by atoms with Crippen molar-refractivity contribution in [1.29, 1.82) is 0 Å². The highest BCUT2D eigenvalue weighted by Crippen LogP contribution is 2.72. The molecule has 10 heteroatoms. The van der Waals surface area contributed by atoms with Crippen molar-refractivity contribution in [2.75, 3.05) is 0 Å². The van der Waals surface area contributed by atoms with Crippen molar-refractivity contribution in [3.05, 3.63) is 12.2 Å². The van der Waals surface area contributed by atoms with Gasteiger partial charge in [0.25, 0.3) is 0 Å². The van der Waals surface area contributed by atoms with Gasteiger partial charge in [0.05, 0.1) is 5.41 Å². The maximum Gasteiger partial charge on any atom is 0.378 e. The lowest BCUT2D eigenvalue weighted by Crippen LogP contribution is -2.61. The molecule has 3 aliphatic carbocycles. The number of rotatable bonds is 2. The van der Waals surface area contributed by atoms with Crippen LogP contribution in [0, 0.1) is 5.41 Å². The largest absolute Gasteiger partial charge is 0.462 e. The smallest absolute Gasteiger partial charge is 0.378 e. The molecule has 0 radical (unpaired) electrons. The number of esters is 1. The number of carbonyl (C=O) groups excluding carboxylic acids is 1. The monoisotopic (exact) mass is 406 g/mol. The predicted molar refractivity (Wildman–Crippen MR) is 77.3 cm³/mol. The topological polar surface area (TPSA) is 26.3 Å². The van der Waals surface area contributed by atoms with Crippen molar-refractivity contribution in [3.63, 3.8) is 0 Å². The molecule has 4 atom stereocenters. The number of halogens is 8. The number of carbonyl (C=O) groups is 1. The minimum Gasteiger partial charge on any atom is -0.462 e. The van der Waals surface area contributed by atoms with Crippen LogP contribution in [0.5, 0.6) is 0 Å². The van der Waals surface area contributed by atoms with Crippen molar-refractivity contribution in [3.8, 4) is 0 Å². The quantitative estimate of drug-likeness (QED) is 0.360. The second-order valence-corrected chi connectivity index (χ2v) is 7.87. The number of allylic oxidation sites excluding steroid dienone is 2. The summed E-state index contributed by atoms with van der Waals surface area (Å²) in [6.07, 6.45) is -1.18. The fraction of sp³-hybridized carbons (Fsp3) is 0.824. The summed E-state index contributed by atoms with van der Waals surface area (Å²) in [7, 11) is 0. The zero-order valence-electron chi connectivity index (χ0n) is 14.3. The summed E-state index contributed by atoms with van der Waals surface area (Å²) in [5, 5.41) is 0. The van der Waals surface area contributed by atoms with Gasteiger partial charge in [-0.1, -0.05) is 12.2 Å². The molecular weight excluding hydrogens is 388 g/mol. The summed E-state index contributed by atoms with van der Waals surface area (Å²) in [5.74, 6) is -18.9. The summed E-state index contributed by atoms with van der Waals surface area (Å²) in [4.78, 5) is 12.3. The molecule has 0 aromatic heterocycles. The highest BCUT2D eigenvalue weighted by atomic mass is 19.4. The Morgan fingerprint density at radius 2 is 1.48 bits per heavy atom. The fourth-order valence-electron chi connectivity index (χ4n) is 4.16. The third-order valence-electron chi connectivity index (χ3n) is 6.10. The predicted octanol–water partition coefficient (Wildman–Crippen LogP) is 5.16. The summed E-state index contributed by atoms with van der Waals surface area (Å²) >= 11 is 0. The maximum atomic E-state index is 14.9. The highest BCUT2D eigenvalue weighted by Gasteiger charge is 2.99. The van der Waals surface area contributed by atoms with Crippen LogP contribution >= 0.6 is 0 Å². The van der Waals surface area contributed by atoms with Crippen molar-refractivity contribution in [2.24, 2.45) is 5.41 Å². The molecule has 2 fully saturated rings. The SMILES string of the molecule is CC1(C(=O)OC2CCC3(F)C(F)(F)C(F)(F)C(F)(F)C3(F)C2)CC=CCC1. The van der Waals surface area contributed by atoms with Crippen LogP contribution < -0.4 is 0 Å². The van der Waals surface area contributed by atoms with Gasteiger partial charge >= 0.3 is 23.7 Å². The maximum absolute atomic E-state index is 14.9. The molecule has 154 valence electrons. The van der Waals surface area contributed by atoms with Crippen LogP contribution in [0.3, 0.4) is 0 Å². The molecule has 0 aromatic rings. The van der Waals surface area contributed by atoms with Crippen LogP contribution in [0.2, 0.25) is 0 Å². The molecule has 0 saturated heterocycles. The van der Waals surface area contributed by atoms with Crippen molar-refractivity contribution in [2.45, 2.75) is 80.7 Å². The molecule has 3 rings (SSSR count). The van der Waals surface area contributed by atoms with Crippen molar-refractivity contribution < 1.29 is 44.7 Å². The standard InChI is InChI=1S/C17H18F8O2/c1-12(6-3-2-4-7-12)11(26)27-10-5-8-13(18)14(19,9-10)16(22,23)17(24,25)15(13,20)21/h2-3,10H,4-9H2,1H3. The van der Waals surface area contributed by atoms with Gasteiger partial charge in [0.15, 0.2) is 0 Å². The van der Waals surface area contributed by atoms with Crippen LogP contribution in [0.1, 0.15) is 45.4 Å². The van der Waals surface area contributed by atoms with E-state index >= 15 is 0 Å². The Hall–Kier alpha value is -1.35. The third-order valence-corrected chi connectivity index (χ3v) is 6.10. The summed E-state index contributed by atoms with van der Waals surface area (Å²) < 4.78 is 117. The molecule has 4 unspecified atom stereocenters. The van der Waals surface area contributed by atoms with Crippen LogP contribution in [0.15, 0.2) is 12.2 Å². The van der Waals surface area contributed by atoms with Gasteiger partial charge in [0, 0.05) is 6.42 Å². The Balaban J connectivity index is 1.86. The molecule has 27 heavy (non-hydrogen) atoms. The summed E-state index contributed by atoms with van der Waals surface area (Å²) in [6.45, 7) is 1.53. The Morgan fingerprint density at radius 1 is 0.889 bits per heavy atom. The van der Waals surface area contributed by atoms with E-state index in [1.807, 2.05) is 6.08 Å². The van der Waals surface area contributed by atoms with E-state index in [2.05, 4.69) is 0 Å². The number of hydrogen-bond donors (Lipinski definition) is 0. The Labute approximate surface area is 149 Å². The molecule has 0 N–H and O–H groups in total. The van der Waals surface area contributed by atoms with Gasteiger partial charge in [-0.05, 0) is 39.0 Å². The van der Waals surface area contributed by atoms with Crippen LogP contribution in [0.25, 0.3) is 0 Å². The van der Waals surface area contributed by atoms with E-state index in [0.717, 1.165) is 0 Å². The van der Waals surface area contributed by atoms with Gasteiger partial charge < -0.3 is 4.74 Å². The first kappa shape index (κ1) is 20.4. The van der Waals surface area contributed by atoms with Gasteiger partial charge in [-0.2, -0.15) is 26.3 Å². The van der Waals surface area contributed by atoms with E-state index in [-0.39, 0.29) is 6.42 Å². The van der Waals surface area contributed by atoms with E-state index in [1.165, 1.54) is 6.92 Å². The van der Waals surface area contributed by atoms with Gasteiger partial charge in [-0.15, -0.1) is 0 Å². The van der Waals surface area contributed by atoms with Crippen LogP contribution in [-0.2, 0) is 9.53 Å². The Morgan fingerprint density at radius 3 is 2.04 bits per heavy atom. The first-order valence-electron chi connectivity index (χ1n) is 8.54. The number of hydrogen-bond acceptors (Lipinski definition) is 2. The molecule has 0 heterocycles. The molecule has 0 bridgehead atoms. The molecule has 2 nitrogen and oxygen atoms in total. The average molecular weight is 406 g/mol. The van der Waals surface area contributed by atoms with Crippen LogP contribution in [-0.4, -0.2) is 41.2 Å². The van der Waals surface area contributed by atoms with Crippen molar-refractivity contribution >= 4 is 5.97 Å². The second kappa shape index (κ2) is 5.59. The molecule has 2 saturated carbocycles. The lowest BCUT2D eigenvalue weighted by atomic mass is 9.73. The second-order valence-electron chi connectivity index (χ2n) is 7.87. The van der Waals surface area contributed by atoms with E-state index in [4.69, 9.17) is 4.74 Å². The molecule has 3 aliphatic rings. The molecule has 0 aliphatic heterocycles. The third kappa shape index (κ3) is 2.27. The van der Waals surface area contributed by atoms with Gasteiger partial charge in [-0.25, -0.2) is 8.78 Å². The Bertz CT molecular complexity index is 678. The minimum atomic E-state index is -6.21. The minimum absolute atomic E-state index is 0.263. The van der Waals surface area contributed by atoms with E-state index in [0.29, 0.717) is 12.8 Å².